The van der Waals surface area contributed by atoms with Crippen molar-refractivity contribution < 1.29 is 19.4 Å². The Labute approximate surface area is 125 Å². The lowest BCUT2D eigenvalue weighted by atomic mass is 10.1. The molecule has 21 heavy (non-hydrogen) atoms. The number of hydrogen-bond donors (Lipinski definition) is 1. The van der Waals surface area contributed by atoms with E-state index >= 15 is 0 Å². The van der Waals surface area contributed by atoms with Crippen LogP contribution in [-0.2, 0) is 9.59 Å². The molecule has 5 nitrogen and oxygen atoms in total. The first-order valence-electron chi connectivity index (χ1n) is 7.14. The van der Waals surface area contributed by atoms with Gasteiger partial charge in [-0.25, -0.2) is 0 Å². The van der Waals surface area contributed by atoms with Crippen LogP contribution in [-0.4, -0.2) is 41.6 Å². The predicted molar refractivity (Wildman–Crippen MR) is 80.5 cm³/mol. The molecular formula is C16H23NO4. The maximum Gasteiger partial charge on any atom is 0.305 e. The van der Waals surface area contributed by atoms with E-state index in [0.717, 1.165) is 16.9 Å². The summed E-state index contributed by atoms with van der Waals surface area (Å²) in [4.78, 5) is 24.1. The Bertz CT molecular complexity index is 499. The van der Waals surface area contributed by atoms with Crippen molar-refractivity contribution in [3.8, 4) is 5.75 Å². The van der Waals surface area contributed by atoms with Crippen LogP contribution in [0.1, 0.15) is 30.9 Å². The molecule has 0 aliphatic rings. The van der Waals surface area contributed by atoms with Gasteiger partial charge in [0, 0.05) is 13.1 Å². The molecule has 1 N–H and O–H groups in total. The average molecular weight is 293 g/mol. The Hall–Kier alpha value is -2.04. The summed E-state index contributed by atoms with van der Waals surface area (Å²) in [5.41, 5.74) is 2.22. The molecule has 1 rings (SSSR count). The highest BCUT2D eigenvalue weighted by Crippen LogP contribution is 2.20. The van der Waals surface area contributed by atoms with E-state index < -0.39 is 5.97 Å². The van der Waals surface area contributed by atoms with Gasteiger partial charge in [0.1, 0.15) is 5.75 Å². The Morgan fingerprint density at radius 3 is 2.57 bits per heavy atom. The van der Waals surface area contributed by atoms with Crippen LogP contribution in [0.15, 0.2) is 18.2 Å². The number of aliphatic carboxylic acids is 1. The minimum absolute atomic E-state index is 0.0303. The third kappa shape index (κ3) is 5.45. The molecule has 0 aromatic heterocycles. The lowest BCUT2D eigenvalue weighted by Gasteiger charge is -2.20. The molecule has 1 aromatic rings. The Kier molecular flexibility index (Phi) is 6.72. The van der Waals surface area contributed by atoms with Crippen molar-refractivity contribution in [3.63, 3.8) is 0 Å². The van der Waals surface area contributed by atoms with Crippen molar-refractivity contribution in [2.75, 3.05) is 19.7 Å². The second-order valence-corrected chi connectivity index (χ2v) is 4.91. The molecule has 0 heterocycles. The average Bonchev–Trinajstić information content (AvgIpc) is 2.44. The van der Waals surface area contributed by atoms with Crippen molar-refractivity contribution in [3.05, 3.63) is 29.3 Å². The van der Waals surface area contributed by atoms with Crippen LogP contribution in [0.3, 0.4) is 0 Å². The van der Waals surface area contributed by atoms with Gasteiger partial charge in [-0.1, -0.05) is 12.1 Å². The SMILES string of the molecule is CCN(CCC(=O)O)C(=O)CCOc1cccc(C)c1C. The molecule has 116 valence electrons. The van der Waals surface area contributed by atoms with Crippen LogP contribution in [0.2, 0.25) is 0 Å². The molecule has 0 aliphatic heterocycles. The van der Waals surface area contributed by atoms with Gasteiger partial charge in [0.2, 0.25) is 5.91 Å². The van der Waals surface area contributed by atoms with Crippen molar-refractivity contribution in [1.82, 2.24) is 4.90 Å². The zero-order valence-electron chi connectivity index (χ0n) is 12.9. The second-order valence-electron chi connectivity index (χ2n) is 4.91. The van der Waals surface area contributed by atoms with Crippen LogP contribution in [0.4, 0.5) is 0 Å². The zero-order chi connectivity index (χ0) is 15.8. The molecule has 1 aromatic carbocycles. The molecule has 0 radical (unpaired) electrons. The predicted octanol–water partition coefficient (Wildman–Crippen LogP) is 2.40. The summed E-state index contributed by atoms with van der Waals surface area (Å²) >= 11 is 0. The summed E-state index contributed by atoms with van der Waals surface area (Å²) in [6.45, 7) is 6.89. The highest BCUT2D eigenvalue weighted by Gasteiger charge is 2.13. The summed E-state index contributed by atoms with van der Waals surface area (Å²) in [7, 11) is 0. The summed E-state index contributed by atoms with van der Waals surface area (Å²) in [6.07, 6.45) is 0.221. The van der Waals surface area contributed by atoms with Crippen LogP contribution in [0.5, 0.6) is 5.75 Å². The van der Waals surface area contributed by atoms with E-state index in [1.807, 2.05) is 39.0 Å². The molecule has 0 spiro atoms. The monoisotopic (exact) mass is 293 g/mol. The second kappa shape index (κ2) is 8.29. The van der Waals surface area contributed by atoms with E-state index in [4.69, 9.17) is 9.84 Å². The van der Waals surface area contributed by atoms with Crippen LogP contribution >= 0.6 is 0 Å². The number of rotatable bonds is 8. The standard InChI is InChI=1S/C16H23NO4/c1-4-17(10-8-16(19)20)15(18)9-11-21-14-7-5-6-12(2)13(14)3/h5-7H,4,8-11H2,1-3H3,(H,19,20). The van der Waals surface area contributed by atoms with Crippen LogP contribution in [0, 0.1) is 13.8 Å². The minimum atomic E-state index is -0.895. The van der Waals surface area contributed by atoms with Gasteiger partial charge in [0.25, 0.3) is 0 Å². The van der Waals surface area contributed by atoms with Crippen LogP contribution in [0.25, 0.3) is 0 Å². The molecule has 5 heteroatoms. The maximum atomic E-state index is 12.0. The van der Waals surface area contributed by atoms with Gasteiger partial charge in [-0.15, -0.1) is 0 Å². The zero-order valence-corrected chi connectivity index (χ0v) is 12.9. The maximum absolute atomic E-state index is 12.0. The van der Waals surface area contributed by atoms with E-state index in [0.29, 0.717) is 13.2 Å². The van der Waals surface area contributed by atoms with Gasteiger partial charge in [0.15, 0.2) is 0 Å². The summed E-state index contributed by atoms with van der Waals surface area (Å²) < 4.78 is 5.64. The number of nitrogens with zero attached hydrogens (tertiary/aromatic N) is 1. The van der Waals surface area contributed by atoms with Gasteiger partial charge in [-0.05, 0) is 38.0 Å². The molecule has 0 saturated carbocycles. The molecular weight excluding hydrogens is 270 g/mol. The van der Waals surface area contributed by atoms with Gasteiger partial charge in [0.05, 0.1) is 19.4 Å². The smallest absolute Gasteiger partial charge is 0.305 e. The number of carbonyl (C=O) groups excluding carboxylic acids is 1. The number of amides is 1. The first-order valence-corrected chi connectivity index (χ1v) is 7.14. The fourth-order valence-corrected chi connectivity index (χ4v) is 1.98. The fourth-order valence-electron chi connectivity index (χ4n) is 1.98. The minimum Gasteiger partial charge on any atom is -0.493 e. The summed E-state index contributed by atoms with van der Waals surface area (Å²) in [5, 5.41) is 8.66. The molecule has 0 atom stereocenters. The Morgan fingerprint density at radius 1 is 1.24 bits per heavy atom. The highest BCUT2D eigenvalue weighted by molar-refractivity contribution is 5.77. The number of carbonyl (C=O) groups is 2. The first kappa shape index (κ1) is 17.0. The first-order chi connectivity index (χ1) is 9.95. The van der Waals surface area contributed by atoms with Crippen molar-refractivity contribution in [1.29, 1.82) is 0 Å². The number of aryl methyl sites for hydroxylation is 1. The molecule has 0 aliphatic carbocycles. The number of carboxylic acids is 1. The van der Waals surface area contributed by atoms with Gasteiger partial charge < -0.3 is 14.7 Å². The Morgan fingerprint density at radius 2 is 1.95 bits per heavy atom. The molecule has 0 unspecified atom stereocenters. The molecule has 0 bridgehead atoms. The third-order valence-corrected chi connectivity index (χ3v) is 3.46. The normalized spacial score (nSPS) is 10.2. The lowest BCUT2D eigenvalue weighted by molar-refractivity contribution is -0.138. The van der Waals surface area contributed by atoms with E-state index in [9.17, 15) is 9.59 Å². The van der Waals surface area contributed by atoms with Crippen LogP contribution < -0.4 is 4.74 Å². The largest absolute Gasteiger partial charge is 0.493 e. The van der Waals surface area contributed by atoms with Gasteiger partial charge in [-0.3, -0.25) is 9.59 Å². The van der Waals surface area contributed by atoms with E-state index in [2.05, 4.69) is 0 Å². The van der Waals surface area contributed by atoms with Gasteiger partial charge in [-0.2, -0.15) is 0 Å². The van der Waals surface area contributed by atoms with E-state index in [1.165, 1.54) is 0 Å². The van der Waals surface area contributed by atoms with E-state index in [-0.39, 0.29) is 25.3 Å². The summed E-state index contributed by atoms with van der Waals surface area (Å²) in [6, 6.07) is 5.82. The lowest BCUT2D eigenvalue weighted by Crippen LogP contribution is -2.33. The number of ether oxygens (including phenoxy) is 1. The fraction of sp³-hybridized carbons (Fsp3) is 0.500. The quantitative estimate of drug-likeness (QED) is 0.799. The third-order valence-electron chi connectivity index (χ3n) is 3.46. The topological polar surface area (TPSA) is 66.8 Å². The van der Waals surface area contributed by atoms with Crippen molar-refractivity contribution in [2.45, 2.75) is 33.6 Å². The van der Waals surface area contributed by atoms with E-state index in [1.54, 1.807) is 4.90 Å². The Balaban J connectivity index is 2.45. The van der Waals surface area contributed by atoms with Crippen molar-refractivity contribution >= 4 is 11.9 Å². The molecule has 0 fully saturated rings. The highest BCUT2D eigenvalue weighted by atomic mass is 16.5. The van der Waals surface area contributed by atoms with Crippen molar-refractivity contribution in [2.24, 2.45) is 0 Å². The number of carboxylic acid groups (broad SMARTS) is 1. The molecule has 1 amide bonds. The number of benzene rings is 1. The molecule has 0 saturated heterocycles. The van der Waals surface area contributed by atoms with Gasteiger partial charge >= 0.3 is 5.97 Å². The number of hydrogen-bond acceptors (Lipinski definition) is 3. The summed E-state index contributed by atoms with van der Waals surface area (Å²) in [5.74, 6) is -0.187.